The average Bonchev–Trinajstić information content (AvgIpc) is 3.18. The van der Waals surface area contributed by atoms with E-state index in [9.17, 15) is 18.0 Å². The number of nitrogens with zero attached hydrogens (tertiary/aromatic N) is 4. The molecule has 0 aliphatic carbocycles. The highest BCUT2D eigenvalue weighted by molar-refractivity contribution is 5.76. The highest BCUT2D eigenvalue weighted by Gasteiger charge is 2.25. The van der Waals surface area contributed by atoms with Gasteiger partial charge in [0.25, 0.3) is 0 Å². The summed E-state index contributed by atoms with van der Waals surface area (Å²) in [6, 6.07) is 13.1. The van der Waals surface area contributed by atoms with Crippen molar-refractivity contribution in [1.29, 1.82) is 0 Å². The molecule has 0 radical (unpaired) electrons. The number of halogens is 3. The molecule has 1 fully saturated rings. The SMILES string of the molecule is C[C@@H](CNC(=O)N1CCN(c2ccccc2F)CC1)c1nc2ccccc2n1C(F)F. The molecule has 1 aliphatic heterocycles. The van der Waals surface area contributed by atoms with Gasteiger partial charge in [0.2, 0.25) is 0 Å². The first-order valence-electron chi connectivity index (χ1n) is 10.2. The summed E-state index contributed by atoms with van der Waals surface area (Å²) in [5.74, 6) is -0.443. The standard InChI is InChI=1S/C22H24F3N5O/c1-15(20-27-17-7-3-5-9-19(17)30(20)21(24)25)14-26-22(31)29-12-10-28(11-13-29)18-8-4-2-6-16(18)23/h2-9,15,21H,10-14H2,1H3,(H,26,31)/t15-/m0/s1. The van der Waals surface area contributed by atoms with Gasteiger partial charge in [0.1, 0.15) is 11.6 Å². The molecule has 2 amide bonds. The molecule has 1 saturated heterocycles. The minimum Gasteiger partial charge on any atom is -0.366 e. The second-order valence-electron chi connectivity index (χ2n) is 7.62. The van der Waals surface area contributed by atoms with E-state index >= 15 is 0 Å². The Balaban J connectivity index is 1.36. The Morgan fingerprint density at radius 1 is 1.06 bits per heavy atom. The zero-order valence-electron chi connectivity index (χ0n) is 17.1. The number of anilines is 1. The van der Waals surface area contributed by atoms with Crippen molar-refractivity contribution in [3.63, 3.8) is 0 Å². The first-order valence-corrected chi connectivity index (χ1v) is 10.2. The lowest BCUT2D eigenvalue weighted by Gasteiger charge is -2.36. The van der Waals surface area contributed by atoms with Crippen molar-refractivity contribution >= 4 is 22.8 Å². The molecule has 1 atom stereocenters. The lowest BCUT2D eigenvalue weighted by atomic mass is 10.1. The fourth-order valence-corrected chi connectivity index (χ4v) is 3.92. The van der Waals surface area contributed by atoms with Crippen LogP contribution < -0.4 is 10.2 Å². The summed E-state index contributed by atoms with van der Waals surface area (Å²) in [5, 5.41) is 2.82. The van der Waals surface area contributed by atoms with E-state index in [-0.39, 0.29) is 24.2 Å². The molecule has 2 heterocycles. The van der Waals surface area contributed by atoms with Gasteiger partial charge in [0.05, 0.1) is 16.7 Å². The molecule has 0 unspecified atom stereocenters. The maximum Gasteiger partial charge on any atom is 0.320 e. The largest absolute Gasteiger partial charge is 0.366 e. The Kier molecular flexibility index (Phi) is 6.01. The van der Waals surface area contributed by atoms with E-state index in [4.69, 9.17) is 0 Å². The molecule has 0 saturated carbocycles. The van der Waals surface area contributed by atoms with Crippen LogP contribution in [0.25, 0.3) is 11.0 Å². The molecular weight excluding hydrogens is 407 g/mol. The van der Waals surface area contributed by atoms with Crippen LogP contribution in [0.4, 0.5) is 23.7 Å². The first-order chi connectivity index (χ1) is 15.0. The third-order valence-corrected chi connectivity index (χ3v) is 5.58. The van der Waals surface area contributed by atoms with Gasteiger partial charge < -0.3 is 15.1 Å². The predicted octanol–water partition coefficient (Wildman–Crippen LogP) is 4.21. The molecular formula is C22H24F3N5O. The second-order valence-corrected chi connectivity index (χ2v) is 7.62. The monoisotopic (exact) mass is 431 g/mol. The van der Waals surface area contributed by atoms with Gasteiger partial charge >= 0.3 is 12.6 Å². The molecule has 1 N–H and O–H groups in total. The van der Waals surface area contributed by atoms with Crippen molar-refractivity contribution in [3.05, 3.63) is 60.2 Å². The zero-order chi connectivity index (χ0) is 22.0. The highest BCUT2D eigenvalue weighted by atomic mass is 19.3. The maximum atomic E-state index is 14.0. The lowest BCUT2D eigenvalue weighted by Crippen LogP contribution is -2.52. The molecule has 0 spiro atoms. The highest BCUT2D eigenvalue weighted by Crippen LogP contribution is 2.27. The van der Waals surface area contributed by atoms with Gasteiger partial charge in [-0.15, -0.1) is 0 Å². The maximum absolute atomic E-state index is 14.0. The van der Waals surface area contributed by atoms with Gasteiger partial charge in [-0.25, -0.2) is 14.2 Å². The van der Waals surface area contributed by atoms with Gasteiger partial charge in [-0.05, 0) is 24.3 Å². The number of fused-ring (bicyclic) bond motifs is 1. The van der Waals surface area contributed by atoms with Crippen molar-refractivity contribution in [2.45, 2.75) is 19.4 Å². The van der Waals surface area contributed by atoms with E-state index in [1.54, 1.807) is 54.3 Å². The summed E-state index contributed by atoms with van der Waals surface area (Å²) in [7, 11) is 0. The molecule has 9 heteroatoms. The zero-order valence-corrected chi connectivity index (χ0v) is 17.1. The molecule has 2 aromatic carbocycles. The Morgan fingerprint density at radius 2 is 1.74 bits per heavy atom. The molecule has 4 rings (SSSR count). The van der Waals surface area contributed by atoms with Crippen LogP contribution in [0.1, 0.15) is 25.2 Å². The molecule has 31 heavy (non-hydrogen) atoms. The number of urea groups is 1. The lowest BCUT2D eigenvalue weighted by molar-refractivity contribution is 0.0704. The van der Waals surface area contributed by atoms with Crippen molar-refractivity contribution in [2.24, 2.45) is 0 Å². The van der Waals surface area contributed by atoms with Crippen LogP contribution in [0.5, 0.6) is 0 Å². The Labute approximate surface area is 178 Å². The number of benzene rings is 2. The van der Waals surface area contributed by atoms with Crippen LogP contribution in [0.2, 0.25) is 0 Å². The minimum atomic E-state index is -2.72. The number of hydrogen-bond donors (Lipinski definition) is 1. The van der Waals surface area contributed by atoms with E-state index < -0.39 is 12.5 Å². The number of carbonyl (C=O) groups is 1. The van der Waals surface area contributed by atoms with E-state index in [1.807, 2.05) is 4.90 Å². The normalized spacial score (nSPS) is 15.5. The molecule has 3 aromatic rings. The smallest absolute Gasteiger partial charge is 0.320 e. The molecule has 1 aliphatic rings. The van der Waals surface area contributed by atoms with Gasteiger partial charge in [0.15, 0.2) is 0 Å². The summed E-state index contributed by atoms with van der Waals surface area (Å²) < 4.78 is 42.2. The fraction of sp³-hybridized carbons (Fsp3) is 0.364. The topological polar surface area (TPSA) is 53.4 Å². The predicted molar refractivity (Wildman–Crippen MR) is 113 cm³/mol. The van der Waals surface area contributed by atoms with Gasteiger partial charge in [-0.1, -0.05) is 31.2 Å². The van der Waals surface area contributed by atoms with E-state index in [1.165, 1.54) is 6.07 Å². The number of para-hydroxylation sites is 3. The number of amides is 2. The Bertz CT molecular complexity index is 1060. The van der Waals surface area contributed by atoms with Crippen LogP contribution in [-0.4, -0.2) is 53.2 Å². The molecule has 6 nitrogen and oxygen atoms in total. The number of nitrogens with one attached hydrogen (secondary N) is 1. The summed E-state index contributed by atoms with van der Waals surface area (Å²) in [6.45, 7) is 1.16. The number of rotatable bonds is 5. The van der Waals surface area contributed by atoms with Crippen molar-refractivity contribution in [3.8, 4) is 0 Å². The molecule has 0 bridgehead atoms. The Morgan fingerprint density at radius 3 is 2.45 bits per heavy atom. The van der Waals surface area contributed by atoms with Gasteiger partial charge in [-0.3, -0.25) is 4.57 Å². The van der Waals surface area contributed by atoms with Crippen LogP contribution in [0.3, 0.4) is 0 Å². The number of carbonyl (C=O) groups excluding carboxylic acids is 1. The van der Waals surface area contributed by atoms with Crippen molar-refractivity contribution in [2.75, 3.05) is 37.6 Å². The third kappa shape index (κ3) is 4.30. The first kappa shape index (κ1) is 21.0. The number of imidazole rings is 1. The minimum absolute atomic E-state index is 0.183. The average molecular weight is 431 g/mol. The van der Waals surface area contributed by atoms with Crippen LogP contribution in [0, 0.1) is 5.82 Å². The van der Waals surface area contributed by atoms with Crippen molar-refractivity contribution in [1.82, 2.24) is 19.8 Å². The van der Waals surface area contributed by atoms with Crippen LogP contribution in [-0.2, 0) is 0 Å². The van der Waals surface area contributed by atoms with Crippen molar-refractivity contribution < 1.29 is 18.0 Å². The summed E-state index contributed by atoms with van der Waals surface area (Å²) >= 11 is 0. The second kappa shape index (κ2) is 8.87. The van der Waals surface area contributed by atoms with Gasteiger partial charge in [0, 0.05) is 38.6 Å². The number of aromatic nitrogens is 2. The van der Waals surface area contributed by atoms with Gasteiger partial charge in [-0.2, -0.15) is 8.78 Å². The summed E-state index contributed by atoms with van der Waals surface area (Å²) in [6.07, 6.45) is 0. The van der Waals surface area contributed by atoms with Crippen LogP contribution in [0.15, 0.2) is 48.5 Å². The third-order valence-electron chi connectivity index (χ3n) is 5.58. The summed E-state index contributed by atoms with van der Waals surface area (Å²) in [4.78, 5) is 20.5. The quantitative estimate of drug-likeness (QED) is 0.659. The van der Waals surface area contributed by atoms with E-state index in [2.05, 4.69) is 10.3 Å². The van der Waals surface area contributed by atoms with Crippen LogP contribution >= 0.6 is 0 Å². The summed E-state index contributed by atoms with van der Waals surface area (Å²) in [5.41, 5.74) is 1.40. The number of piperazine rings is 1. The Hall–Kier alpha value is -3.23. The molecule has 164 valence electrons. The van der Waals surface area contributed by atoms with E-state index in [0.717, 1.165) is 4.57 Å². The molecule has 1 aromatic heterocycles. The number of alkyl halides is 2. The number of hydrogen-bond acceptors (Lipinski definition) is 3. The van der Waals surface area contributed by atoms with E-state index in [0.29, 0.717) is 42.9 Å². The fourth-order valence-electron chi connectivity index (χ4n) is 3.92.